The fraction of sp³-hybridized carbons (Fsp3) is 0.923. The van der Waals surface area contributed by atoms with Crippen LogP contribution in [0.25, 0.3) is 0 Å². The van der Waals surface area contributed by atoms with Crippen LogP contribution in [0.15, 0.2) is 0 Å². The molecule has 90 valence electrons. The first-order valence-corrected chi connectivity index (χ1v) is 5.98. The van der Waals surface area contributed by atoms with Crippen LogP contribution in [0.1, 0.15) is 60.8 Å². The molecule has 0 amide bonds. The molecule has 1 N–H and O–H groups in total. The van der Waals surface area contributed by atoms with Gasteiger partial charge in [-0.3, -0.25) is 4.79 Å². The first-order valence-electron chi connectivity index (χ1n) is 5.98. The van der Waals surface area contributed by atoms with Gasteiger partial charge in [0.1, 0.15) is 0 Å². The molecule has 1 atom stereocenters. The molecular weight excluding hydrogens is 188 g/mol. The molecule has 0 aliphatic carbocycles. The van der Waals surface area contributed by atoms with Gasteiger partial charge in [-0.25, -0.2) is 0 Å². The molecule has 0 aliphatic heterocycles. The molecule has 0 saturated heterocycles. The largest absolute Gasteiger partial charge is 0.481 e. The van der Waals surface area contributed by atoms with Crippen LogP contribution in [0.2, 0.25) is 0 Å². The van der Waals surface area contributed by atoms with Crippen molar-refractivity contribution in [3.8, 4) is 0 Å². The van der Waals surface area contributed by atoms with Gasteiger partial charge in [-0.1, -0.05) is 48.0 Å². The lowest BCUT2D eigenvalue weighted by Gasteiger charge is -2.43. The molecule has 0 aromatic heterocycles. The van der Waals surface area contributed by atoms with E-state index in [4.69, 9.17) is 0 Å². The molecule has 0 heterocycles. The SMILES string of the molecule is CCC(C)(C)C(C(=O)O)C(C)(CC)CC. The first kappa shape index (κ1) is 14.5. The lowest BCUT2D eigenvalue weighted by Crippen LogP contribution is -2.42. The Labute approximate surface area is 94.1 Å². The molecule has 0 fully saturated rings. The van der Waals surface area contributed by atoms with Crippen molar-refractivity contribution in [1.82, 2.24) is 0 Å². The predicted molar refractivity (Wildman–Crippen MR) is 63.9 cm³/mol. The highest BCUT2D eigenvalue weighted by molar-refractivity contribution is 5.72. The van der Waals surface area contributed by atoms with Crippen LogP contribution in [0.4, 0.5) is 0 Å². The predicted octanol–water partition coefficient (Wildman–Crippen LogP) is 3.95. The number of hydrogen-bond acceptors (Lipinski definition) is 1. The molecule has 0 aliphatic rings. The minimum absolute atomic E-state index is 0.0919. The Morgan fingerprint density at radius 1 is 1.07 bits per heavy atom. The fourth-order valence-corrected chi connectivity index (χ4v) is 2.44. The molecule has 0 spiro atoms. The second-order valence-corrected chi connectivity index (χ2v) is 5.47. The molecule has 2 heteroatoms. The Bertz CT molecular complexity index is 215. The van der Waals surface area contributed by atoms with Crippen molar-refractivity contribution < 1.29 is 9.90 Å². The highest BCUT2D eigenvalue weighted by Crippen LogP contribution is 2.46. The summed E-state index contributed by atoms with van der Waals surface area (Å²) in [7, 11) is 0. The summed E-state index contributed by atoms with van der Waals surface area (Å²) >= 11 is 0. The number of carbonyl (C=O) groups is 1. The second kappa shape index (κ2) is 5.00. The molecule has 0 saturated carbocycles. The van der Waals surface area contributed by atoms with E-state index in [1.165, 1.54) is 0 Å². The summed E-state index contributed by atoms with van der Waals surface area (Å²) in [6, 6.07) is 0. The normalized spacial score (nSPS) is 15.1. The zero-order valence-electron chi connectivity index (χ0n) is 11.1. The molecule has 2 nitrogen and oxygen atoms in total. The van der Waals surface area contributed by atoms with Crippen LogP contribution in [0.5, 0.6) is 0 Å². The van der Waals surface area contributed by atoms with Crippen LogP contribution < -0.4 is 0 Å². The van der Waals surface area contributed by atoms with E-state index >= 15 is 0 Å². The van der Waals surface area contributed by atoms with Crippen molar-refractivity contribution >= 4 is 5.97 Å². The smallest absolute Gasteiger partial charge is 0.307 e. The molecule has 0 aromatic rings. The lowest BCUT2D eigenvalue weighted by molar-refractivity contribution is -0.153. The van der Waals surface area contributed by atoms with Gasteiger partial charge in [0.2, 0.25) is 0 Å². The van der Waals surface area contributed by atoms with Crippen molar-refractivity contribution in [3.63, 3.8) is 0 Å². The Kier molecular flexibility index (Phi) is 4.82. The maximum absolute atomic E-state index is 11.5. The number of carboxylic acids is 1. The summed E-state index contributed by atoms with van der Waals surface area (Å²) < 4.78 is 0. The van der Waals surface area contributed by atoms with Crippen molar-refractivity contribution in [2.75, 3.05) is 0 Å². The summed E-state index contributed by atoms with van der Waals surface area (Å²) in [5.41, 5.74) is -0.224. The Hall–Kier alpha value is -0.530. The Balaban J connectivity index is 5.22. The molecule has 0 radical (unpaired) electrons. The van der Waals surface area contributed by atoms with E-state index in [0.29, 0.717) is 0 Å². The standard InChI is InChI=1S/C13H26O2/c1-7-12(4,5)10(11(14)15)13(6,8-2)9-3/h10H,7-9H2,1-6H3,(H,14,15). The number of carboxylic acid groups (broad SMARTS) is 1. The van der Waals surface area contributed by atoms with Crippen molar-refractivity contribution in [2.24, 2.45) is 16.7 Å². The lowest BCUT2D eigenvalue weighted by atomic mass is 9.61. The molecular formula is C13H26O2. The van der Waals surface area contributed by atoms with Gasteiger partial charge in [-0.2, -0.15) is 0 Å². The number of rotatable bonds is 6. The van der Waals surface area contributed by atoms with E-state index in [0.717, 1.165) is 19.3 Å². The molecule has 1 unspecified atom stereocenters. The molecule has 0 aromatic carbocycles. The van der Waals surface area contributed by atoms with Crippen molar-refractivity contribution in [1.29, 1.82) is 0 Å². The van der Waals surface area contributed by atoms with Crippen molar-refractivity contribution in [3.05, 3.63) is 0 Å². The van der Waals surface area contributed by atoms with Gasteiger partial charge in [0, 0.05) is 0 Å². The third-order valence-corrected chi connectivity index (χ3v) is 4.25. The number of hydrogen-bond donors (Lipinski definition) is 1. The van der Waals surface area contributed by atoms with Gasteiger partial charge in [0.15, 0.2) is 0 Å². The Morgan fingerprint density at radius 3 is 1.67 bits per heavy atom. The summed E-state index contributed by atoms with van der Waals surface area (Å²) in [6.07, 6.45) is 2.74. The molecule has 0 bridgehead atoms. The van der Waals surface area contributed by atoms with Gasteiger partial charge in [-0.15, -0.1) is 0 Å². The molecule has 15 heavy (non-hydrogen) atoms. The zero-order chi connectivity index (χ0) is 12.3. The average Bonchev–Trinajstić information content (AvgIpc) is 2.16. The second-order valence-electron chi connectivity index (χ2n) is 5.47. The van der Waals surface area contributed by atoms with Gasteiger partial charge >= 0.3 is 5.97 Å². The topological polar surface area (TPSA) is 37.3 Å². The van der Waals surface area contributed by atoms with E-state index in [2.05, 4.69) is 41.5 Å². The maximum Gasteiger partial charge on any atom is 0.307 e. The minimum Gasteiger partial charge on any atom is -0.481 e. The first-order chi connectivity index (χ1) is 6.75. The number of aliphatic carboxylic acids is 1. The summed E-state index contributed by atoms with van der Waals surface area (Å²) in [6.45, 7) is 12.5. The average molecular weight is 214 g/mol. The van der Waals surface area contributed by atoms with E-state index < -0.39 is 5.97 Å². The highest BCUT2D eigenvalue weighted by Gasteiger charge is 2.45. The Morgan fingerprint density at radius 2 is 1.47 bits per heavy atom. The van der Waals surface area contributed by atoms with E-state index in [-0.39, 0.29) is 16.7 Å². The van der Waals surface area contributed by atoms with E-state index in [1.807, 2.05) is 0 Å². The summed E-state index contributed by atoms with van der Waals surface area (Å²) in [4.78, 5) is 11.5. The van der Waals surface area contributed by atoms with Crippen LogP contribution in [-0.4, -0.2) is 11.1 Å². The van der Waals surface area contributed by atoms with Gasteiger partial charge in [0.25, 0.3) is 0 Å². The highest BCUT2D eigenvalue weighted by atomic mass is 16.4. The van der Waals surface area contributed by atoms with Crippen LogP contribution in [0.3, 0.4) is 0 Å². The quantitative estimate of drug-likeness (QED) is 0.727. The van der Waals surface area contributed by atoms with Gasteiger partial charge < -0.3 is 5.11 Å². The van der Waals surface area contributed by atoms with Crippen molar-refractivity contribution in [2.45, 2.75) is 60.8 Å². The van der Waals surface area contributed by atoms with Crippen LogP contribution >= 0.6 is 0 Å². The minimum atomic E-state index is -0.645. The summed E-state index contributed by atoms with van der Waals surface area (Å²) in [5, 5.41) is 9.44. The van der Waals surface area contributed by atoms with E-state index in [1.54, 1.807) is 0 Å². The monoisotopic (exact) mass is 214 g/mol. The third kappa shape index (κ3) is 2.96. The fourth-order valence-electron chi connectivity index (χ4n) is 2.44. The van der Waals surface area contributed by atoms with Crippen LogP contribution in [0, 0.1) is 16.7 Å². The van der Waals surface area contributed by atoms with Crippen LogP contribution in [-0.2, 0) is 4.79 Å². The zero-order valence-corrected chi connectivity index (χ0v) is 11.1. The van der Waals surface area contributed by atoms with Gasteiger partial charge in [0.05, 0.1) is 5.92 Å². The van der Waals surface area contributed by atoms with E-state index in [9.17, 15) is 9.90 Å². The molecule has 0 rings (SSSR count). The third-order valence-electron chi connectivity index (χ3n) is 4.25. The summed E-state index contributed by atoms with van der Waals surface area (Å²) in [5.74, 6) is -0.905. The maximum atomic E-state index is 11.5. The van der Waals surface area contributed by atoms with Gasteiger partial charge in [-0.05, 0) is 23.7 Å².